The SMILES string of the molecule is CCCCC1CC2C(CC)OC(C)C2N1. The third kappa shape index (κ3) is 2.21. The zero-order valence-corrected chi connectivity index (χ0v) is 10.3. The van der Waals surface area contributed by atoms with Crippen molar-refractivity contribution in [1.82, 2.24) is 5.32 Å². The van der Waals surface area contributed by atoms with E-state index in [0.29, 0.717) is 18.2 Å². The average molecular weight is 211 g/mol. The van der Waals surface area contributed by atoms with Crippen molar-refractivity contribution < 1.29 is 4.74 Å². The monoisotopic (exact) mass is 211 g/mol. The first-order valence-corrected chi connectivity index (χ1v) is 6.67. The molecule has 0 saturated carbocycles. The lowest BCUT2D eigenvalue weighted by molar-refractivity contribution is 0.0319. The number of fused-ring (bicyclic) bond motifs is 1. The van der Waals surface area contributed by atoms with Crippen LogP contribution in [-0.2, 0) is 4.74 Å². The molecule has 88 valence electrons. The zero-order valence-electron chi connectivity index (χ0n) is 10.3. The highest BCUT2D eigenvalue weighted by atomic mass is 16.5. The highest BCUT2D eigenvalue weighted by Crippen LogP contribution is 2.37. The predicted molar refractivity (Wildman–Crippen MR) is 63.0 cm³/mol. The Morgan fingerprint density at radius 2 is 2.13 bits per heavy atom. The standard InChI is InChI=1S/C13H25NO/c1-4-6-7-10-8-11-12(5-2)15-9(3)13(11)14-10/h9-14H,4-8H2,1-3H3. The number of ether oxygens (including phenoxy) is 1. The van der Waals surface area contributed by atoms with Crippen LogP contribution in [0, 0.1) is 5.92 Å². The Hall–Kier alpha value is -0.0800. The second kappa shape index (κ2) is 4.84. The van der Waals surface area contributed by atoms with E-state index in [4.69, 9.17) is 4.74 Å². The van der Waals surface area contributed by atoms with Crippen molar-refractivity contribution in [2.24, 2.45) is 5.92 Å². The molecule has 2 aliphatic rings. The molecule has 2 saturated heterocycles. The van der Waals surface area contributed by atoms with E-state index >= 15 is 0 Å². The van der Waals surface area contributed by atoms with Crippen molar-refractivity contribution in [3.8, 4) is 0 Å². The zero-order chi connectivity index (χ0) is 10.8. The molecular weight excluding hydrogens is 186 g/mol. The lowest BCUT2D eigenvalue weighted by atomic mass is 9.91. The topological polar surface area (TPSA) is 21.3 Å². The second-order valence-electron chi connectivity index (χ2n) is 5.22. The number of hydrogen-bond donors (Lipinski definition) is 1. The summed E-state index contributed by atoms with van der Waals surface area (Å²) in [7, 11) is 0. The van der Waals surface area contributed by atoms with Gasteiger partial charge in [-0.15, -0.1) is 0 Å². The van der Waals surface area contributed by atoms with Crippen molar-refractivity contribution in [1.29, 1.82) is 0 Å². The Bertz CT molecular complexity index is 207. The van der Waals surface area contributed by atoms with Crippen molar-refractivity contribution in [2.75, 3.05) is 0 Å². The Kier molecular flexibility index (Phi) is 3.68. The first-order chi connectivity index (χ1) is 7.26. The molecule has 5 unspecified atom stereocenters. The summed E-state index contributed by atoms with van der Waals surface area (Å²) in [6, 6.07) is 1.40. The number of hydrogen-bond acceptors (Lipinski definition) is 2. The molecule has 0 bridgehead atoms. The number of nitrogens with one attached hydrogen (secondary N) is 1. The van der Waals surface area contributed by atoms with Gasteiger partial charge >= 0.3 is 0 Å². The molecule has 1 N–H and O–H groups in total. The van der Waals surface area contributed by atoms with Gasteiger partial charge in [0, 0.05) is 18.0 Å². The molecule has 0 aliphatic carbocycles. The Balaban J connectivity index is 1.89. The van der Waals surface area contributed by atoms with Crippen LogP contribution in [0.2, 0.25) is 0 Å². The minimum atomic E-state index is 0.423. The van der Waals surface area contributed by atoms with Crippen LogP contribution < -0.4 is 5.32 Å². The molecule has 0 spiro atoms. The highest BCUT2D eigenvalue weighted by Gasteiger charge is 2.46. The highest BCUT2D eigenvalue weighted by molar-refractivity contribution is 5.01. The number of rotatable bonds is 4. The van der Waals surface area contributed by atoms with E-state index in [2.05, 4.69) is 26.1 Å². The Morgan fingerprint density at radius 1 is 1.33 bits per heavy atom. The van der Waals surface area contributed by atoms with Gasteiger partial charge in [0.25, 0.3) is 0 Å². The van der Waals surface area contributed by atoms with E-state index in [1.54, 1.807) is 0 Å². The minimum absolute atomic E-state index is 0.423. The summed E-state index contributed by atoms with van der Waals surface area (Å²) in [5, 5.41) is 3.78. The third-order valence-electron chi connectivity index (χ3n) is 4.13. The Labute approximate surface area is 93.8 Å². The minimum Gasteiger partial charge on any atom is -0.373 e. The normalized spacial score (nSPS) is 44.6. The summed E-state index contributed by atoms with van der Waals surface area (Å²) in [6.45, 7) is 6.75. The summed E-state index contributed by atoms with van der Waals surface area (Å²) in [6.07, 6.45) is 7.49. The maximum absolute atomic E-state index is 5.97. The lowest BCUT2D eigenvalue weighted by Crippen LogP contribution is -2.36. The first-order valence-electron chi connectivity index (χ1n) is 6.67. The Morgan fingerprint density at radius 3 is 2.80 bits per heavy atom. The van der Waals surface area contributed by atoms with E-state index in [0.717, 1.165) is 12.0 Å². The fraction of sp³-hybridized carbons (Fsp3) is 1.00. The third-order valence-corrected chi connectivity index (χ3v) is 4.13. The van der Waals surface area contributed by atoms with Gasteiger partial charge in [0.2, 0.25) is 0 Å². The second-order valence-corrected chi connectivity index (χ2v) is 5.22. The molecule has 2 aliphatic heterocycles. The summed E-state index contributed by atoms with van der Waals surface area (Å²) in [4.78, 5) is 0. The van der Waals surface area contributed by atoms with E-state index in [9.17, 15) is 0 Å². The molecule has 5 atom stereocenters. The predicted octanol–water partition coefficient (Wildman–Crippen LogP) is 2.72. The van der Waals surface area contributed by atoms with Gasteiger partial charge in [-0.1, -0.05) is 26.7 Å². The van der Waals surface area contributed by atoms with Crippen LogP contribution in [0.5, 0.6) is 0 Å². The maximum atomic E-state index is 5.97. The molecule has 0 aromatic heterocycles. The van der Waals surface area contributed by atoms with E-state index in [-0.39, 0.29) is 0 Å². The lowest BCUT2D eigenvalue weighted by Gasteiger charge is -2.17. The van der Waals surface area contributed by atoms with Crippen LogP contribution in [0.4, 0.5) is 0 Å². The molecule has 2 rings (SSSR count). The average Bonchev–Trinajstić information content (AvgIpc) is 2.76. The molecule has 0 aromatic rings. The molecule has 0 radical (unpaired) electrons. The molecule has 0 amide bonds. The van der Waals surface area contributed by atoms with Crippen LogP contribution in [0.1, 0.15) is 52.9 Å². The van der Waals surface area contributed by atoms with Gasteiger partial charge < -0.3 is 10.1 Å². The van der Waals surface area contributed by atoms with Crippen molar-refractivity contribution in [3.05, 3.63) is 0 Å². The van der Waals surface area contributed by atoms with Crippen LogP contribution in [-0.4, -0.2) is 24.3 Å². The van der Waals surface area contributed by atoms with Gasteiger partial charge in [0.05, 0.1) is 12.2 Å². The van der Waals surface area contributed by atoms with Gasteiger partial charge in [-0.25, -0.2) is 0 Å². The first kappa shape index (κ1) is 11.4. The van der Waals surface area contributed by atoms with Gasteiger partial charge in [-0.05, 0) is 26.2 Å². The summed E-state index contributed by atoms with van der Waals surface area (Å²) < 4.78 is 5.97. The molecule has 2 heterocycles. The summed E-state index contributed by atoms with van der Waals surface area (Å²) in [5.41, 5.74) is 0. The summed E-state index contributed by atoms with van der Waals surface area (Å²) >= 11 is 0. The molecule has 2 nitrogen and oxygen atoms in total. The van der Waals surface area contributed by atoms with Crippen molar-refractivity contribution >= 4 is 0 Å². The van der Waals surface area contributed by atoms with Crippen LogP contribution >= 0.6 is 0 Å². The molecule has 2 heteroatoms. The van der Waals surface area contributed by atoms with Crippen LogP contribution in [0.25, 0.3) is 0 Å². The summed E-state index contributed by atoms with van der Waals surface area (Å²) in [5.74, 6) is 0.784. The van der Waals surface area contributed by atoms with Gasteiger partial charge in [-0.3, -0.25) is 0 Å². The van der Waals surface area contributed by atoms with Crippen LogP contribution in [0.3, 0.4) is 0 Å². The van der Waals surface area contributed by atoms with Gasteiger partial charge in [-0.2, -0.15) is 0 Å². The fourth-order valence-corrected chi connectivity index (χ4v) is 3.32. The van der Waals surface area contributed by atoms with Crippen molar-refractivity contribution in [2.45, 2.75) is 77.2 Å². The molecular formula is C13H25NO. The maximum Gasteiger partial charge on any atom is 0.0707 e. The molecule has 2 fully saturated rings. The fourth-order valence-electron chi connectivity index (χ4n) is 3.32. The smallest absolute Gasteiger partial charge is 0.0707 e. The van der Waals surface area contributed by atoms with Crippen LogP contribution in [0.15, 0.2) is 0 Å². The van der Waals surface area contributed by atoms with Crippen molar-refractivity contribution in [3.63, 3.8) is 0 Å². The largest absolute Gasteiger partial charge is 0.373 e. The van der Waals surface area contributed by atoms with E-state index in [1.165, 1.54) is 32.1 Å². The van der Waals surface area contributed by atoms with E-state index < -0.39 is 0 Å². The van der Waals surface area contributed by atoms with E-state index in [1.807, 2.05) is 0 Å². The van der Waals surface area contributed by atoms with Gasteiger partial charge in [0.15, 0.2) is 0 Å². The molecule has 0 aromatic carbocycles. The quantitative estimate of drug-likeness (QED) is 0.772. The molecule has 15 heavy (non-hydrogen) atoms. The van der Waals surface area contributed by atoms with Gasteiger partial charge in [0.1, 0.15) is 0 Å². The number of unbranched alkanes of at least 4 members (excludes halogenated alkanes) is 1.